The van der Waals surface area contributed by atoms with E-state index in [0.717, 1.165) is 24.9 Å². The van der Waals surface area contributed by atoms with Crippen molar-refractivity contribution in [3.05, 3.63) is 35.1 Å². The average molecular weight is 276 g/mol. The Morgan fingerprint density at radius 2 is 2.30 bits per heavy atom. The quantitative estimate of drug-likeness (QED) is 0.795. The zero-order valence-corrected chi connectivity index (χ0v) is 11.1. The Hall–Kier alpha value is -1.90. The summed E-state index contributed by atoms with van der Waals surface area (Å²) < 4.78 is 13.5. The largest absolute Gasteiger partial charge is 0.384 e. The number of primary amides is 1. The Balaban J connectivity index is 2.16. The molecule has 1 unspecified atom stereocenters. The maximum Gasteiger partial charge on any atom is 0.234 e. The van der Waals surface area contributed by atoms with Gasteiger partial charge in [-0.2, -0.15) is 0 Å². The van der Waals surface area contributed by atoms with Crippen LogP contribution in [0.3, 0.4) is 0 Å². The summed E-state index contributed by atoms with van der Waals surface area (Å²) in [4.78, 5) is 13.3. The van der Waals surface area contributed by atoms with Crippen LogP contribution in [0, 0.1) is 17.7 Å². The lowest BCUT2D eigenvalue weighted by Crippen LogP contribution is -2.39. The predicted octanol–water partition coefficient (Wildman–Crippen LogP) is 0.619. The Morgan fingerprint density at radius 3 is 3.00 bits per heavy atom. The van der Waals surface area contributed by atoms with Gasteiger partial charge in [0.15, 0.2) is 0 Å². The maximum atomic E-state index is 13.5. The van der Waals surface area contributed by atoms with Crippen molar-refractivity contribution in [2.24, 2.45) is 5.73 Å². The van der Waals surface area contributed by atoms with Crippen molar-refractivity contribution in [2.75, 3.05) is 13.2 Å². The first kappa shape index (κ1) is 14.5. The van der Waals surface area contributed by atoms with Crippen LogP contribution in [0.5, 0.6) is 0 Å². The summed E-state index contributed by atoms with van der Waals surface area (Å²) in [6, 6.07) is 4.25. The molecule has 0 aromatic heterocycles. The molecule has 0 spiro atoms. The lowest BCUT2D eigenvalue weighted by Gasteiger charge is -2.21. The predicted molar refractivity (Wildman–Crippen MR) is 73.0 cm³/mol. The Kier molecular flexibility index (Phi) is 4.72. The molecule has 106 valence electrons. The highest BCUT2D eigenvalue weighted by atomic mass is 19.1. The molecule has 0 radical (unpaired) electrons. The van der Waals surface area contributed by atoms with E-state index in [1.54, 1.807) is 6.07 Å². The number of hydrogen-bond donors (Lipinski definition) is 2. The van der Waals surface area contributed by atoms with Gasteiger partial charge in [0.2, 0.25) is 5.91 Å². The summed E-state index contributed by atoms with van der Waals surface area (Å²) in [5, 5.41) is 8.66. The van der Waals surface area contributed by atoms with Crippen LogP contribution in [0.1, 0.15) is 24.0 Å². The molecule has 1 atom stereocenters. The van der Waals surface area contributed by atoms with Crippen LogP contribution in [-0.2, 0) is 11.3 Å². The summed E-state index contributed by atoms with van der Waals surface area (Å²) in [5.41, 5.74) is 6.63. The monoisotopic (exact) mass is 276 g/mol. The summed E-state index contributed by atoms with van der Waals surface area (Å²) in [6.45, 7) is 0.989. The molecule has 20 heavy (non-hydrogen) atoms. The summed E-state index contributed by atoms with van der Waals surface area (Å²) in [6.07, 6.45) is 1.67. The first-order valence-electron chi connectivity index (χ1n) is 6.52. The van der Waals surface area contributed by atoms with E-state index in [-0.39, 0.29) is 24.4 Å². The van der Waals surface area contributed by atoms with Crippen molar-refractivity contribution in [1.82, 2.24) is 4.90 Å². The van der Waals surface area contributed by atoms with Crippen LogP contribution < -0.4 is 5.73 Å². The van der Waals surface area contributed by atoms with Crippen molar-refractivity contribution in [2.45, 2.75) is 25.4 Å². The number of halogens is 1. The van der Waals surface area contributed by atoms with E-state index in [4.69, 9.17) is 10.8 Å². The van der Waals surface area contributed by atoms with Crippen LogP contribution in [-0.4, -0.2) is 35.1 Å². The van der Waals surface area contributed by atoms with Gasteiger partial charge in [-0.3, -0.25) is 9.69 Å². The molecule has 0 aliphatic carbocycles. The smallest absolute Gasteiger partial charge is 0.234 e. The van der Waals surface area contributed by atoms with E-state index >= 15 is 0 Å². The number of carbonyl (C=O) groups excluding carboxylic acids is 1. The third-order valence-corrected chi connectivity index (χ3v) is 3.35. The van der Waals surface area contributed by atoms with E-state index in [9.17, 15) is 9.18 Å². The van der Waals surface area contributed by atoms with Crippen LogP contribution >= 0.6 is 0 Å². The van der Waals surface area contributed by atoms with Crippen molar-refractivity contribution < 1.29 is 14.3 Å². The van der Waals surface area contributed by atoms with Gasteiger partial charge in [0, 0.05) is 12.1 Å². The summed E-state index contributed by atoms with van der Waals surface area (Å²) in [7, 11) is 0. The SMILES string of the molecule is NC(=O)C1CCCN1Cc1cc(F)cc(C#CCO)c1. The fourth-order valence-corrected chi connectivity index (χ4v) is 2.53. The van der Waals surface area contributed by atoms with Crippen molar-refractivity contribution in [3.8, 4) is 11.8 Å². The molecule has 1 heterocycles. The number of likely N-dealkylation sites (tertiary alicyclic amines) is 1. The molecule has 3 N–H and O–H groups in total. The van der Waals surface area contributed by atoms with Crippen LogP contribution in [0.4, 0.5) is 4.39 Å². The molecule has 1 saturated heterocycles. The molecule has 1 aromatic rings. The number of benzene rings is 1. The zero-order chi connectivity index (χ0) is 14.5. The van der Waals surface area contributed by atoms with Crippen molar-refractivity contribution >= 4 is 5.91 Å². The third-order valence-electron chi connectivity index (χ3n) is 3.35. The molecule has 0 saturated carbocycles. The molecular weight excluding hydrogens is 259 g/mol. The normalized spacial score (nSPS) is 18.6. The number of carbonyl (C=O) groups is 1. The van der Waals surface area contributed by atoms with Crippen LogP contribution in [0.2, 0.25) is 0 Å². The van der Waals surface area contributed by atoms with Crippen molar-refractivity contribution in [3.63, 3.8) is 0 Å². The number of rotatable bonds is 3. The minimum atomic E-state index is -0.375. The van der Waals surface area contributed by atoms with Gasteiger partial charge in [-0.25, -0.2) is 4.39 Å². The molecular formula is C15H17FN2O2. The molecule has 0 bridgehead atoms. The number of hydrogen-bond acceptors (Lipinski definition) is 3. The minimum absolute atomic E-state index is 0.262. The lowest BCUT2D eigenvalue weighted by atomic mass is 10.1. The molecule has 4 nitrogen and oxygen atoms in total. The van der Waals surface area contributed by atoms with Crippen molar-refractivity contribution in [1.29, 1.82) is 0 Å². The molecule has 1 aliphatic rings. The van der Waals surface area contributed by atoms with Crippen LogP contribution in [0.25, 0.3) is 0 Å². The molecule has 1 fully saturated rings. The summed E-state index contributed by atoms with van der Waals surface area (Å²) >= 11 is 0. The molecule has 1 amide bonds. The number of nitrogens with two attached hydrogens (primary N) is 1. The number of amides is 1. The second-order valence-corrected chi connectivity index (χ2v) is 4.84. The second-order valence-electron chi connectivity index (χ2n) is 4.84. The van der Waals surface area contributed by atoms with Gasteiger partial charge in [-0.05, 0) is 43.1 Å². The van der Waals surface area contributed by atoms with Gasteiger partial charge in [0.1, 0.15) is 12.4 Å². The second kappa shape index (κ2) is 6.51. The number of aliphatic hydroxyl groups is 1. The molecule has 2 rings (SSSR count). The van der Waals surface area contributed by atoms with Gasteiger partial charge in [-0.15, -0.1) is 0 Å². The van der Waals surface area contributed by atoms with Gasteiger partial charge in [0.05, 0.1) is 6.04 Å². The van der Waals surface area contributed by atoms with Gasteiger partial charge in [-0.1, -0.05) is 11.8 Å². The lowest BCUT2D eigenvalue weighted by molar-refractivity contribution is -0.122. The van der Waals surface area contributed by atoms with E-state index in [0.29, 0.717) is 12.1 Å². The highest BCUT2D eigenvalue weighted by molar-refractivity contribution is 5.80. The van der Waals surface area contributed by atoms with E-state index in [1.165, 1.54) is 12.1 Å². The Morgan fingerprint density at radius 1 is 1.50 bits per heavy atom. The molecule has 1 aromatic carbocycles. The highest BCUT2D eigenvalue weighted by Crippen LogP contribution is 2.20. The van der Waals surface area contributed by atoms with Crippen LogP contribution in [0.15, 0.2) is 18.2 Å². The van der Waals surface area contributed by atoms with E-state index < -0.39 is 0 Å². The molecule has 5 heteroatoms. The average Bonchev–Trinajstić information content (AvgIpc) is 2.84. The first-order valence-corrected chi connectivity index (χ1v) is 6.52. The minimum Gasteiger partial charge on any atom is -0.384 e. The maximum absolute atomic E-state index is 13.5. The van der Waals surface area contributed by atoms with E-state index in [1.807, 2.05) is 4.90 Å². The number of aliphatic hydroxyl groups excluding tert-OH is 1. The zero-order valence-electron chi connectivity index (χ0n) is 11.1. The fraction of sp³-hybridized carbons (Fsp3) is 0.400. The highest BCUT2D eigenvalue weighted by Gasteiger charge is 2.28. The van der Waals surface area contributed by atoms with Gasteiger partial charge < -0.3 is 10.8 Å². The topological polar surface area (TPSA) is 66.6 Å². The fourth-order valence-electron chi connectivity index (χ4n) is 2.53. The summed E-state index contributed by atoms with van der Waals surface area (Å²) in [5.74, 6) is 4.47. The Labute approximate surface area is 117 Å². The Bertz CT molecular complexity index is 563. The van der Waals surface area contributed by atoms with E-state index in [2.05, 4.69) is 11.8 Å². The van der Waals surface area contributed by atoms with Gasteiger partial charge >= 0.3 is 0 Å². The standard InChI is InChI=1S/C15H17FN2O2/c16-13-8-11(3-2-6-19)7-12(9-13)10-18-5-1-4-14(18)15(17)20/h7-9,14,19H,1,4-6,10H2,(H2,17,20). The van der Waals surface area contributed by atoms with Gasteiger partial charge in [0.25, 0.3) is 0 Å². The first-order chi connectivity index (χ1) is 9.60. The number of nitrogens with zero attached hydrogens (tertiary/aromatic N) is 1. The molecule has 1 aliphatic heterocycles. The third kappa shape index (κ3) is 3.56.